The molecule has 0 saturated carbocycles. The number of amides is 1. The summed E-state index contributed by atoms with van der Waals surface area (Å²) in [4.78, 5) is 23.9. The van der Waals surface area contributed by atoms with Crippen LogP contribution in [0.3, 0.4) is 0 Å². The topological polar surface area (TPSA) is 84.9 Å². The summed E-state index contributed by atoms with van der Waals surface area (Å²) in [6, 6.07) is -0.498. The van der Waals surface area contributed by atoms with Gasteiger partial charge in [-0.2, -0.15) is 0 Å². The van der Waals surface area contributed by atoms with E-state index < -0.39 is 17.9 Å². The third-order valence-electron chi connectivity index (χ3n) is 5.27. The van der Waals surface area contributed by atoms with Gasteiger partial charge < -0.3 is 19.9 Å². The molecule has 2 saturated heterocycles. The van der Waals surface area contributed by atoms with Crippen LogP contribution in [-0.2, 0) is 14.3 Å². The second kappa shape index (κ2) is 9.76. The number of carbonyl (C=O) groups excluding carboxylic acids is 2. The minimum atomic E-state index is -1.52. The fourth-order valence-corrected chi connectivity index (χ4v) is 4.69. The van der Waals surface area contributed by atoms with Crippen molar-refractivity contribution >= 4 is 23.0 Å². The monoisotopic (exact) mass is 407 g/mol. The highest BCUT2D eigenvalue weighted by Gasteiger charge is 2.49. The van der Waals surface area contributed by atoms with E-state index in [1.807, 2.05) is 19.1 Å². The number of thioether (sulfide) groups is 1. The number of carbonyl (C=O) groups is 2. The molecule has 2 N–H and O–H groups in total. The van der Waals surface area contributed by atoms with Gasteiger partial charge >= 0.3 is 5.97 Å². The third-order valence-corrected chi connectivity index (χ3v) is 6.15. The molecule has 0 aliphatic carbocycles. The molecule has 6 nitrogen and oxygen atoms in total. The van der Waals surface area contributed by atoms with Gasteiger partial charge in [0.15, 0.2) is 5.79 Å². The van der Waals surface area contributed by atoms with E-state index in [0.717, 1.165) is 49.4 Å². The van der Waals surface area contributed by atoms with Crippen LogP contribution in [0, 0.1) is 0 Å². The lowest BCUT2D eigenvalue weighted by Crippen LogP contribution is -2.58. The van der Waals surface area contributed by atoms with Crippen molar-refractivity contribution in [1.82, 2.24) is 5.32 Å². The van der Waals surface area contributed by atoms with Crippen molar-refractivity contribution in [2.24, 2.45) is 0 Å². The van der Waals surface area contributed by atoms with Crippen molar-refractivity contribution in [2.45, 2.75) is 75.9 Å². The molecular weight excluding hydrogens is 378 g/mol. The van der Waals surface area contributed by atoms with Crippen LogP contribution in [0.5, 0.6) is 0 Å². The molecule has 0 aromatic heterocycles. The molecule has 0 aromatic carbocycles. The first-order valence-electron chi connectivity index (χ1n) is 9.97. The molecule has 3 aliphatic rings. The SMILES string of the molecule is C/C1=C/C(=O)O[C@@H]2C[C@@H](CCC/C=C/C=C\CC1)O[C@@](O)([C@@H]1CSC(=O)N1)C2. The van der Waals surface area contributed by atoms with Crippen molar-refractivity contribution < 1.29 is 24.2 Å². The standard InChI is InChI=1S/C21H29NO5S/c1-15-9-7-5-3-2-4-6-8-10-16-12-17(26-19(23)11-15)13-21(25,27-16)18-14-28-20(24)22-18/h2-5,11,16-18,25H,6-10,12-14H2,1H3,(H,22,24)/b4-2+,5-3-,15-11-/t16-,17-,18+,21-/m1/s1. The largest absolute Gasteiger partial charge is 0.459 e. The zero-order valence-corrected chi connectivity index (χ0v) is 17.1. The van der Waals surface area contributed by atoms with Gasteiger partial charge in [0.25, 0.3) is 5.24 Å². The van der Waals surface area contributed by atoms with Gasteiger partial charge in [-0.25, -0.2) is 4.79 Å². The van der Waals surface area contributed by atoms with Crippen molar-refractivity contribution in [3.8, 4) is 0 Å². The average molecular weight is 408 g/mol. The van der Waals surface area contributed by atoms with Gasteiger partial charge in [0.1, 0.15) is 6.10 Å². The quantitative estimate of drug-likeness (QED) is 0.646. The molecular formula is C21H29NO5S. The summed E-state index contributed by atoms with van der Waals surface area (Å²) in [6.45, 7) is 1.92. The summed E-state index contributed by atoms with van der Waals surface area (Å²) in [6.07, 6.45) is 14.2. The molecule has 4 atom stereocenters. The number of rotatable bonds is 1. The summed E-state index contributed by atoms with van der Waals surface area (Å²) >= 11 is 1.14. The van der Waals surface area contributed by atoms with Crippen LogP contribution in [0.25, 0.3) is 0 Å². The molecule has 0 unspecified atom stereocenters. The number of ether oxygens (including phenoxy) is 2. The zero-order valence-electron chi connectivity index (χ0n) is 16.3. The predicted molar refractivity (Wildman–Crippen MR) is 109 cm³/mol. The highest BCUT2D eigenvalue weighted by atomic mass is 32.2. The minimum absolute atomic E-state index is 0.163. The summed E-state index contributed by atoms with van der Waals surface area (Å²) in [5.41, 5.74) is 0.962. The lowest BCUT2D eigenvalue weighted by atomic mass is 9.91. The number of hydrogen-bond acceptors (Lipinski definition) is 6. The minimum Gasteiger partial charge on any atom is -0.459 e. The first kappa shape index (κ1) is 21.1. The average Bonchev–Trinajstić information content (AvgIpc) is 3.06. The van der Waals surface area contributed by atoms with Gasteiger partial charge in [-0.3, -0.25) is 4.79 Å². The summed E-state index contributed by atoms with van der Waals surface area (Å²) < 4.78 is 11.7. The van der Waals surface area contributed by atoms with Crippen molar-refractivity contribution in [1.29, 1.82) is 0 Å². The number of hydrogen-bond donors (Lipinski definition) is 2. The number of esters is 1. The third kappa shape index (κ3) is 5.96. The molecule has 1 amide bonds. The molecule has 3 heterocycles. The van der Waals surface area contributed by atoms with E-state index in [0.29, 0.717) is 12.2 Å². The van der Waals surface area contributed by atoms with E-state index in [4.69, 9.17) is 9.47 Å². The number of nitrogens with one attached hydrogen (secondary N) is 1. The number of aliphatic hydroxyl groups is 1. The Morgan fingerprint density at radius 1 is 1.21 bits per heavy atom. The molecule has 0 spiro atoms. The van der Waals surface area contributed by atoms with Crippen LogP contribution in [0.15, 0.2) is 36.0 Å². The maximum absolute atomic E-state index is 12.3. The normalized spacial score (nSPS) is 39.4. The first-order valence-corrected chi connectivity index (χ1v) is 11.0. The molecule has 3 aliphatic heterocycles. The summed E-state index contributed by atoms with van der Waals surface area (Å²) in [5, 5.41) is 13.7. The lowest BCUT2D eigenvalue weighted by molar-refractivity contribution is -0.283. The van der Waals surface area contributed by atoms with Crippen LogP contribution in [0.2, 0.25) is 0 Å². The van der Waals surface area contributed by atoms with Crippen LogP contribution < -0.4 is 5.32 Å². The van der Waals surface area contributed by atoms with E-state index in [2.05, 4.69) is 17.5 Å². The molecule has 2 bridgehead atoms. The maximum atomic E-state index is 12.3. The van der Waals surface area contributed by atoms with Gasteiger partial charge in [0.05, 0.1) is 12.1 Å². The molecule has 28 heavy (non-hydrogen) atoms. The molecule has 3 rings (SSSR count). The van der Waals surface area contributed by atoms with Crippen LogP contribution in [0.4, 0.5) is 4.79 Å². The molecule has 7 heteroatoms. The van der Waals surface area contributed by atoms with Gasteiger partial charge in [0.2, 0.25) is 0 Å². The van der Waals surface area contributed by atoms with Crippen molar-refractivity contribution in [3.63, 3.8) is 0 Å². The number of allylic oxidation sites excluding steroid dienone is 5. The second-order valence-corrected chi connectivity index (χ2v) is 8.69. The fraction of sp³-hybridized carbons (Fsp3) is 0.619. The first-order chi connectivity index (χ1) is 13.4. The van der Waals surface area contributed by atoms with Gasteiger partial charge in [-0.05, 0) is 39.0 Å². The molecule has 154 valence electrons. The Kier molecular flexibility index (Phi) is 7.37. The van der Waals surface area contributed by atoms with Gasteiger partial charge in [-0.1, -0.05) is 41.6 Å². The Hall–Kier alpha value is -1.57. The number of fused-ring (bicyclic) bond motifs is 2. The Bertz CT molecular complexity index is 674. The van der Waals surface area contributed by atoms with E-state index >= 15 is 0 Å². The van der Waals surface area contributed by atoms with Gasteiger partial charge in [-0.15, -0.1) is 0 Å². The van der Waals surface area contributed by atoms with Crippen LogP contribution in [-0.4, -0.2) is 46.1 Å². The van der Waals surface area contributed by atoms with E-state index in [9.17, 15) is 14.7 Å². The Labute approximate surface area is 170 Å². The summed E-state index contributed by atoms with van der Waals surface area (Å²) in [7, 11) is 0. The van der Waals surface area contributed by atoms with Crippen molar-refractivity contribution in [2.75, 3.05) is 5.75 Å². The lowest BCUT2D eigenvalue weighted by Gasteiger charge is -2.43. The molecule has 0 radical (unpaired) electrons. The zero-order chi connectivity index (χ0) is 20.0. The Morgan fingerprint density at radius 2 is 2.00 bits per heavy atom. The summed E-state index contributed by atoms with van der Waals surface area (Å²) in [5.74, 6) is -1.46. The van der Waals surface area contributed by atoms with Crippen molar-refractivity contribution in [3.05, 3.63) is 36.0 Å². The molecule has 0 aromatic rings. The predicted octanol–water partition coefficient (Wildman–Crippen LogP) is 3.61. The van der Waals surface area contributed by atoms with E-state index in [1.165, 1.54) is 6.08 Å². The Balaban J connectivity index is 1.75. The second-order valence-electron chi connectivity index (χ2n) is 7.70. The molecule has 2 fully saturated rings. The van der Waals surface area contributed by atoms with Crippen LogP contribution >= 0.6 is 11.8 Å². The maximum Gasteiger partial charge on any atom is 0.330 e. The highest BCUT2D eigenvalue weighted by Crippen LogP contribution is 2.36. The smallest absolute Gasteiger partial charge is 0.330 e. The highest BCUT2D eigenvalue weighted by molar-refractivity contribution is 8.14. The van der Waals surface area contributed by atoms with Crippen LogP contribution in [0.1, 0.15) is 51.9 Å². The van der Waals surface area contributed by atoms with E-state index in [-0.39, 0.29) is 23.7 Å². The Morgan fingerprint density at radius 3 is 2.75 bits per heavy atom. The van der Waals surface area contributed by atoms with E-state index in [1.54, 1.807) is 0 Å². The van der Waals surface area contributed by atoms with Gasteiger partial charge in [0, 0.05) is 24.7 Å². The fourth-order valence-electron chi connectivity index (χ4n) is 3.80.